The second kappa shape index (κ2) is 7.33. The Morgan fingerprint density at radius 1 is 1.24 bits per heavy atom. The summed E-state index contributed by atoms with van der Waals surface area (Å²) in [6, 6.07) is 2.52. The number of likely N-dealkylation sites (N-methyl/N-ethyl adjacent to an activating group) is 1. The van der Waals surface area contributed by atoms with Gasteiger partial charge in [-0.05, 0) is 37.1 Å². The van der Waals surface area contributed by atoms with Crippen LogP contribution in [0.5, 0.6) is 5.75 Å². The fourth-order valence-electron chi connectivity index (χ4n) is 3.94. The van der Waals surface area contributed by atoms with Gasteiger partial charge in [0, 0.05) is 26.2 Å². The van der Waals surface area contributed by atoms with Gasteiger partial charge in [0.1, 0.15) is 5.75 Å². The molecule has 2 aromatic rings. The summed E-state index contributed by atoms with van der Waals surface area (Å²) >= 11 is 0. The average Bonchev–Trinajstić information content (AvgIpc) is 2.57. The van der Waals surface area contributed by atoms with E-state index in [2.05, 4.69) is 34.3 Å². The number of nitrogens with zero attached hydrogens (tertiary/aromatic N) is 4. The van der Waals surface area contributed by atoms with Crippen molar-refractivity contribution in [2.45, 2.75) is 32.5 Å². The van der Waals surface area contributed by atoms with Gasteiger partial charge in [-0.2, -0.15) is 13.2 Å². The highest BCUT2D eigenvalue weighted by Crippen LogP contribution is 2.35. The molecular formula is C19H24F3N5O2. The Balaban J connectivity index is 1.90. The monoisotopic (exact) mass is 411 g/mol. The van der Waals surface area contributed by atoms with Gasteiger partial charge in [0.25, 0.3) is 5.56 Å². The molecule has 1 aromatic heterocycles. The molecule has 1 atom stereocenters. The van der Waals surface area contributed by atoms with Gasteiger partial charge in [-0.3, -0.25) is 9.36 Å². The maximum atomic E-state index is 12.8. The molecule has 0 saturated carbocycles. The molecule has 10 heteroatoms. The Kier molecular flexibility index (Phi) is 5.33. The molecule has 158 valence electrons. The van der Waals surface area contributed by atoms with Gasteiger partial charge in [-0.1, -0.05) is 13.8 Å². The highest BCUT2D eigenvalue weighted by molar-refractivity contribution is 5.65. The van der Waals surface area contributed by atoms with E-state index in [-0.39, 0.29) is 28.7 Å². The normalized spacial score (nSPS) is 19.9. The van der Waals surface area contributed by atoms with E-state index in [1.54, 1.807) is 0 Å². The van der Waals surface area contributed by atoms with Crippen molar-refractivity contribution >= 4 is 5.82 Å². The first-order chi connectivity index (χ1) is 13.4. The molecule has 0 amide bonds. The van der Waals surface area contributed by atoms with E-state index in [0.29, 0.717) is 6.07 Å². The van der Waals surface area contributed by atoms with Crippen molar-refractivity contribution in [3.63, 3.8) is 0 Å². The zero-order valence-electron chi connectivity index (χ0n) is 16.7. The number of benzene rings is 1. The summed E-state index contributed by atoms with van der Waals surface area (Å²) < 4.78 is 39.6. The minimum absolute atomic E-state index is 0.00446. The van der Waals surface area contributed by atoms with Gasteiger partial charge >= 0.3 is 6.18 Å². The molecule has 1 aromatic carbocycles. The third-order valence-electron chi connectivity index (χ3n) is 5.01. The van der Waals surface area contributed by atoms with Crippen molar-refractivity contribution in [3.05, 3.63) is 34.1 Å². The first-order valence-corrected chi connectivity index (χ1v) is 9.17. The maximum absolute atomic E-state index is 12.8. The average molecular weight is 411 g/mol. The van der Waals surface area contributed by atoms with E-state index in [4.69, 9.17) is 0 Å². The predicted molar refractivity (Wildman–Crippen MR) is 103 cm³/mol. The highest BCUT2D eigenvalue weighted by atomic mass is 19.4. The van der Waals surface area contributed by atoms with Crippen LogP contribution in [0.2, 0.25) is 0 Å². The van der Waals surface area contributed by atoms with E-state index < -0.39 is 23.0 Å². The third-order valence-corrected chi connectivity index (χ3v) is 5.01. The molecular weight excluding hydrogens is 387 g/mol. The summed E-state index contributed by atoms with van der Waals surface area (Å²) in [7, 11) is 3.45. The Labute approximate surface area is 166 Å². The van der Waals surface area contributed by atoms with Crippen LogP contribution in [0.4, 0.5) is 19.0 Å². The Morgan fingerprint density at radius 3 is 2.52 bits per heavy atom. The van der Waals surface area contributed by atoms with Crippen molar-refractivity contribution in [2.24, 2.45) is 12.5 Å². The third kappa shape index (κ3) is 4.52. The number of nitrogens with one attached hydrogen (secondary N) is 1. The van der Waals surface area contributed by atoms with Gasteiger partial charge in [0.2, 0.25) is 5.82 Å². The van der Waals surface area contributed by atoms with E-state index in [1.807, 2.05) is 7.05 Å². The van der Waals surface area contributed by atoms with Gasteiger partial charge in [-0.15, -0.1) is 10.2 Å². The van der Waals surface area contributed by atoms with Crippen LogP contribution < -0.4 is 10.9 Å². The highest BCUT2D eigenvalue weighted by Gasteiger charge is 2.33. The summed E-state index contributed by atoms with van der Waals surface area (Å²) in [6.07, 6.45) is -3.73. The molecule has 7 nitrogen and oxygen atoms in total. The fraction of sp³-hybridized carbons (Fsp3) is 0.526. The first kappa shape index (κ1) is 21.1. The number of hydrogen-bond donors (Lipinski definition) is 2. The number of rotatable bonds is 3. The van der Waals surface area contributed by atoms with Crippen molar-refractivity contribution in [1.82, 2.24) is 19.7 Å². The van der Waals surface area contributed by atoms with Crippen LogP contribution >= 0.6 is 0 Å². The zero-order valence-corrected chi connectivity index (χ0v) is 16.7. The number of phenols is 1. The predicted octanol–water partition coefficient (Wildman–Crippen LogP) is 2.71. The number of aromatic nitrogens is 3. The molecule has 1 aliphatic heterocycles. The Morgan fingerprint density at radius 2 is 1.93 bits per heavy atom. The summed E-state index contributed by atoms with van der Waals surface area (Å²) in [6.45, 7) is 5.99. The van der Waals surface area contributed by atoms with Gasteiger partial charge in [-0.25, -0.2) is 0 Å². The van der Waals surface area contributed by atoms with Crippen LogP contribution in [-0.2, 0) is 13.2 Å². The zero-order chi connectivity index (χ0) is 21.6. The lowest BCUT2D eigenvalue weighted by molar-refractivity contribution is -0.137. The standard InChI is InChI=1S/C19H24F3N5O2/c1-18(2)8-12(9-26(3)10-18)23-15-17(29)27(4)16(25-24-15)13-6-5-11(7-14(13)28)19(20,21)22/h5-7,12,28H,8-10H2,1-4H3,(H,23,24). The minimum Gasteiger partial charge on any atom is -0.507 e. The van der Waals surface area contributed by atoms with Gasteiger partial charge < -0.3 is 15.3 Å². The first-order valence-electron chi connectivity index (χ1n) is 9.17. The van der Waals surface area contributed by atoms with E-state index in [9.17, 15) is 23.1 Å². The maximum Gasteiger partial charge on any atom is 0.416 e. The molecule has 0 aliphatic carbocycles. The second-order valence-electron chi connectivity index (χ2n) is 8.37. The second-order valence-corrected chi connectivity index (χ2v) is 8.37. The molecule has 3 rings (SSSR count). The molecule has 2 N–H and O–H groups in total. The Bertz CT molecular complexity index is 971. The Hall–Kier alpha value is -2.62. The van der Waals surface area contributed by atoms with Gasteiger partial charge in [0.05, 0.1) is 11.1 Å². The molecule has 0 bridgehead atoms. The number of phenolic OH excluding ortho intramolecular Hbond substituents is 1. The van der Waals surface area contributed by atoms with Crippen LogP contribution in [0.1, 0.15) is 25.8 Å². The number of halogens is 3. The number of likely N-dealkylation sites (tertiary alicyclic amines) is 1. The molecule has 1 fully saturated rings. The summed E-state index contributed by atoms with van der Waals surface area (Å²) in [5.74, 6) is -0.577. The molecule has 0 spiro atoms. The number of aromatic hydroxyl groups is 1. The van der Waals surface area contributed by atoms with Crippen molar-refractivity contribution in [1.29, 1.82) is 0 Å². The molecule has 1 aliphatic rings. The number of anilines is 1. The summed E-state index contributed by atoms with van der Waals surface area (Å²) in [5.41, 5.74) is -1.38. The van der Waals surface area contributed by atoms with Crippen LogP contribution in [0.25, 0.3) is 11.4 Å². The quantitative estimate of drug-likeness (QED) is 0.808. The van der Waals surface area contributed by atoms with E-state index in [0.717, 1.165) is 36.2 Å². The summed E-state index contributed by atoms with van der Waals surface area (Å²) in [5, 5.41) is 21.1. The molecule has 1 unspecified atom stereocenters. The van der Waals surface area contributed by atoms with Crippen LogP contribution in [0.3, 0.4) is 0 Å². The lowest BCUT2D eigenvalue weighted by Crippen LogP contribution is -2.48. The molecule has 29 heavy (non-hydrogen) atoms. The van der Waals surface area contributed by atoms with Crippen LogP contribution in [0.15, 0.2) is 23.0 Å². The largest absolute Gasteiger partial charge is 0.507 e. The number of piperidine rings is 1. The van der Waals surface area contributed by atoms with Crippen LogP contribution in [-0.4, -0.2) is 50.9 Å². The molecule has 1 saturated heterocycles. The number of alkyl halides is 3. The van der Waals surface area contributed by atoms with E-state index >= 15 is 0 Å². The van der Waals surface area contributed by atoms with Crippen LogP contribution in [0, 0.1) is 5.41 Å². The lowest BCUT2D eigenvalue weighted by Gasteiger charge is -2.41. The fourth-order valence-corrected chi connectivity index (χ4v) is 3.94. The van der Waals surface area contributed by atoms with Crippen molar-refractivity contribution in [2.75, 3.05) is 25.5 Å². The summed E-state index contributed by atoms with van der Waals surface area (Å²) in [4.78, 5) is 14.9. The topological polar surface area (TPSA) is 83.3 Å². The number of hydrogen-bond acceptors (Lipinski definition) is 6. The minimum atomic E-state index is -4.58. The van der Waals surface area contributed by atoms with E-state index in [1.165, 1.54) is 7.05 Å². The smallest absolute Gasteiger partial charge is 0.416 e. The lowest BCUT2D eigenvalue weighted by atomic mass is 9.82. The SMILES string of the molecule is CN1CC(Nc2nnc(-c3ccc(C(F)(F)F)cc3O)n(C)c2=O)CC(C)(C)C1. The molecule has 0 radical (unpaired) electrons. The van der Waals surface area contributed by atoms with Gasteiger partial charge in [0.15, 0.2) is 5.82 Å². The molecule has 2 heterocycles. The van der Waals surface area contributed by atoms with Crippen molar-refractivity contribution < 1.29 is 18.3 Å². The van der Waals surface area contributed by atoms with Crippen molar-refractivity contribution in [3.8, 4) is 17.1 Å².